The van der Waals surface area contributed by atoms with Gasteiger partial charge in [0.05, 0.1) is 13.7 Å². The van der Waals surface area contributed by atoms with E-state index >= 15 is 0 Å². The molecule has 0 aliphatic heterocycles. The predicted octanol–water partition coefficient (Wildman–Crippen LogP) is 4.08. The number of carboxylic acids is 1. The molecular weight excluding hydrogens is 462 g/mol. The highest BCUT2D eigenvalue weighted by Crippen LogP contribution is 2.21. The predicted molar refractivity (Wildman–Crippen MR) is 135 cm³/mol. The highest BCUT2D eigenvalue weighted by atomic mass is 16.5. The molecule has 0 aliphatic carbocycles. The van der Waals surface area contributed by atoms with Crippen LogP contribution in [0.3, 0.4) is 0 Å². The molecule has 1 heterocycles. The van der Waals surface area contributed by atoms with Gasteiger partial charge in [0.25, 0.3) is 11.9 Å². The summed E-state index contributed by atoms with van der Waals surface area (Å²) in [6, 6.07) is 21.9. The van der Waals surface area contributed by atoms with Crippen molar-refractivity contribution in [2.75, 3.05) is 38.8 Å². The molecular formula is C27H27N3O6. The summed E-state index contributed by atoms with van der Waals surface area (Å²) < 4.78 is 16.7. The van der Waals surface area contributed by atoms with Crippen LogP contribution in [-0.2, 0) is 11.3 Å². The number of carbonyl (C=O) groups excluding carboxylic acids is 1. The monoisotopic (exact) mass is 489 g/mol. The Labute approximate surface area is 208 Å². The number of aliphatic carboxylic acids is 1. The first-order chi connectivity index (χ1) is 17.4. The van der Waals surface area contributed by atoms with Crippen molar-refractivity contribution in [2.24, 2.45) is 0 Å². The van der Waals surface area contributed by atoms with Crippen LogP contribution in [0.4, 0.5) is 6.01 Å². The molecule has 0 fully saturated rings. The number of carbonyl (C=O) groups is 2. The van der Waals surface area contributed by atoms with Gasteiger partial charge in [-0.2, -0.15) is 4.98 Å². The van der Waals surface area contributed by atoms with E-state index in [2.05, 4.69) is 4.98 Å². The molecule has 0 unspecified atom stereocenters. The molecule has 36 heavy (non-hydrogen) atoms. The summed E-state index contributed by atoms with van der Waals surface area (Å²) in [5, 5.41) is 9.30. The fraction of sp³-hybridized carbons (Fsp3) is 0.222. The molecule has 4 aromatic rings. The summed E-state index contributed by atoms with van der Waals surface area (Å²) >= 11 is 0. The van der Waals surface area contributed by atoms with E-state index < -0.39 is 12.5 Å². The van der Waals surface area contributed by atoms with Crippen molar-refractivity contribution in [1.82, 2.24) is 9.88 Å². The summed E-state index contributed by atoms with van der Waals surface area (Å²) in [4.78, 5) is 31.9. The molecule has 3 aromatic carbocycles. The van der Waals surface area contributed by atoms with Crippen LogP contribution in [0.15, 0.2) is 77.2 Å². The number of oxazole rings is 1. The maximum Gasteiger partial charge on any atom is 0.323 e. The molecule has 1 aromatic heterocycles. The molecule has 0 saturated heterocycles. The second kappa shape index (κ2) is 11.3. The molecule has 1 amide bonds. The van der Waals surface area contributed by atoms with Crippen LogP contribution in [0.1, 0.15) is 15.9 Å². The van der Waals surface area contributed by atoms with Crippen molar-refractivity contribution in [3.05, 3.63) is 83.9 Å². The number of aromatic nitrogens is 1. The summed E-state index contributed by atoms with van der Waals surface area (Å²) in [5.41, 5.74) is 2.71. The van der Waals surface area contributed by atoms with Gasteiger partial charge in [-0.1, -0.05) is 24.3 Å². The van der Waals surface area contributed by atoms with Gasteiger partial charge >= 0.3 is 5.97 Å². The second-order valence-electron chi connectivity index (χ2n) is 8.16. The van der Waals surface area contributed by atoms with Crippen molar-refractivity contribution in [1.29, 1.82) is 0 Å². The lowest BCUT2D eigenvalue weighted by Crippen LogP contribution is -2.35. The van der Waals surface area contributed by atoms with E-state index in [9.17, 15) is 14.7 Å². The number of hydrogen-bond donors (Lipinski definition) is 1. The third kappa shape index (κ3) is 6.12. The number of ether oxygens (including phenoxy) is 2. The Kier molecular flexibility index (Phi) is 7.69. The van der Waals surface area contributed by atoms with Crippen LogP contribution in [0.2, 0.25) is 0 Å². The average molecular weight is 490 g/mol. The Morgan fingerprint density at radius 2 is 1.67 bits per heavy atom. The SMILES string of the molecule is COc1ccc(C(=O)N(CC(=O)O)Cc2ccc(OCCN(C)c3nc4ccccc4o3)cc2)cc1. The van der Waals surface area contributed by atoms with Gasteiger partial charge in [0, 0.05) is 19.2 Å². The molecule has 0 radical (unpaired) electrons. The zero-order chi connectivity index (χ0) is 25.5. The third-order valence-electron chi connectivity index (χ3n) is 5.55. The maximum atomic E-state index is 12.9. The van der Waals surface area contributed by atoms with Gasteiger partial charge in [-0.15, -0.1) is 0 Å². The second-order valence-corrected chi connectivity index (χ2v) is 8.16. The lowest BCUT2D eigenvalue weighted by atomic mass is 10.1. The molecule has 4 rings (SSSR count). The number of carboxylic acid groups (broad SMARTS) is 1. The van der Waals surface area contributed by atoms with Gasteiger partial charge in [-0.25, -0.2) is 0 Å². The molecule has 0 saturated carbocycles. The van der Waals surface area contributed by atoms with E-state index in [1.54, 1.807) is 36.4 Å². The molecule has 0 bridgehead atoms. The van der Waals surface area contributed by atoms with E-state index in [4.69, 9.17) is 13.9 Å². The molecule has 186 valence electrons. The molecule has 0 spiro atoms. The summed E-state index contributed by atoms with van der Waals surface area (Å²) in [6.07, 6.45) is 0. The molecule has 0 aliphatic rings. The lowest BCUT2D eigenvalue weighted by molar-refractivity contribution is -0.137. The van der Waals surface area contributed by atoms with Crippen molar-refractivity contribution in [3.8, 4) is 11.5 Å². The number of nitrogens with zero attached hydrogens (tertiary/aromatic N) is 3. The number of rotatable bonds is 11. The summed E-state index contributed by atoms with van der Waals surface area (Å²) in [5.74, 6) is -0.176. The van der Waals surface area contributed by atoms with Crippen LogP contribution in [0.25, 0.3) is 11.1 Å². The average Bonchev–Trinajstić information content (AvgIpc) is 3.33. The molecule has 0 atom stereocenters. The number of hydrogen-bond acceptors (Lipinski definition) is 7. The summed E-state index contributed by atoms with van der Waals surface area (Å²) in [7, 11) is 3.42. The molecule has 1 N–H and O–H groups in total. The van der Waals surface area contributed by atoms with Gasteiger partial charge in [0.15, 0.2) is 5.58 Å². The highest BCUT2D eigenvalue weighted by molar-refractivity contribution is 5.96. The first-order valence-corrected chi connectivity index (χ1v) is 11.4. The third-order valence-corrected chi connectivity index (χ3v) is 5.55. The van der Waals surface area contributed by atoms with Gasteiger partial charge in [-0.05, 0) is 54.1 Å². The van der Waals surface area contributed by atoms with Crippen molar-refractivity contribution in [3.63, 3.8) is 0 Å². The first-order valence-electron chi connectivity index (χ1n) is 11.4. The molecule has 9 heteroatoms. The smallest absolute Gasteiger partial charge is 0.323 e. The van der Waals surface area contributed by atoms with Crippen LogP contribution >= 0.6 is 0 Å². The van der Waals surface area contributed by atoms with Gasteiger partial charge < -0.3 is 28.8 Å². The summed E-state index contributed by atoms with van der Waals surface area (Å²) in [6.45, 7) is 0.718. The number of likely N-dealkylation sites (N-methyl/N-ethyl adjacent to an activating group) is 1. The van der Waals surface area contributed by atoms with E-state index in [1.165, 1.54) is 12.0 Å². The zero-order valence-corrected chi connectivity index (χ0v) is 20.1. The first kappa shape index (κ1) is 24.6. The fourth-order valence-electron chi connectivity index (χ4n) is 3.61. The Balaban J connectivity index is 1.33. The van der Waals surface area contributed by atoms with Gasteiger partial charge in [-0.3, -0.25) is 9.59 Å². The largest absolute Gasteiger partial charge is 0.497 e. The Morgan fingerprint density at radius 1 is 0.972 bits per heavy atom. The van der Waals surface area contributed by atoms with Crippen LogP contribution in [0, 0.1) is 0 Å². The normalized spacial score (nSPS) is 10.7. The minimum absolute atomic E-state index is 0.151. The lowest BCUT2D eigenvalue weighted by Gasteiger charge is -2.21. The zero-order valence-electron chi connectivity index (χ0n) is 20.1. The minimum Gasteiger partial charge on any atom is -0.497 e. The topological polar surface area (TPSA) is 105 Å². The van der Waals surface area contributed by atoms with E-state index in [-0.39, 0.29) is 12.5 Å². The van der Waals surface area contributed by atoms with E-state index in [0.717, 1.165) is 16.7 Å². The van der Waals surface area contributed by atoms with Crippen LogP contribution < -0.4 is 14.4 Å². The number of methoxy groups -OCH3 is 1. The number of amides is 1. The highest BCUT2D eigenvalue weighted by Gasteiger charge is 2.19. The Hall–Kier alpha value is -4.53. The van der Waals surface area contributed by atoms with Crippen molar-refractivity contribution >= 4 is 29.0 Å². The van der Waals surface area contributed by atoms with Gasteiger partial charge in [0.2, 0.25) is 0 Å². The van der Waals surface area contributed by atoms with E-state index in [0.29, 0.717) is 36.2 Å². The minimum atomic E-state index is -1.08. The number of para-hydroxylation sites is 2. The molecule has 9 nitrogen and oxygen atoms in total. The number of benzene rings is 3. The van der Waals surface area contributed by atoms with Crippen LogP contribution in [0.5, 0.6) is 11.5 Å². The van der Waals surface area contributed by atoms with E-state index in [1.807, 2.05) is 48.3 Å². The Morgan fingerprint density at radius 3 is 2.33 bits per heavy atom. The Bertz CT molecular complexity index is 1280. The quantitative estimate of drug-likeness (QED) is 0.336. The van der Waals surface area contributed by atoms with Gasteiger partial charge in [0.1, 0.15) is 30.2 Å². The van der Waals surface area contributed by atoms with Crippen molar-refractivity contribution < 1.29 is 28.6 Å². The van der Waals surface area contributed by atoms with Crippen molar-refractivity contribution in [2.45, 2.75) is 6.54 Å². The standard InChI is InChI=1S/C27H27N3O6/c1-29(27-28-23-5-3-4-6-24(23)36-27)15-16-35-22-11-7-19(8-12-22)17-30(18-25(31)32)26(33)20-9-13-21(34-2)14-10-20/h3-14H,15-18H2,1-2H3,(H,31,32). The maximum absolute atomic E-state index is 12.9. The van der Waals surface area contributed by atoms with Crippen LogP contribution in [-0.4, -0.2) is 60.7 Å². The number of anilines is 1. The number of fused-ring (bicyclic) bond motifs is 1. The fourth-order valence-corrected chi connectivity index (χ4v) is 3.61.